The standard InChI is InChI=1S/C12H18N3O4/c1-8(16)13-12(18)11(10-6-4-3-5-7-10)15(19)14(13)9(2)17/h10-11H,3-7H2,1-2H3/q-1. The molecule has 0 spiro atoms. The van der Waals surface area contributed by atoms with Crippen LogP contribution in [0, 0.1) is 11.1 Å². The van der Waals surface area contributed by atoms with Crippen LogP contribution in [0.1, 0.15) is 46.0 Å². The molecule has 106 valence electrons. The van der Waals surface area contributed by atoms with Crippen molar-refractivity contribution in [3.63, 3.8) is 0 Å². The zero-order valence-corrected chi connectivity index (χ0v) is 11.2. The summed E-state index contributed by atoms with van der Waals surface area (Å²) >= 11 is 0. The molecule has 1 unspecified atom stereocenters. The van der Waals surface area contributed by atoms with Gasteiger partial charge in [-0.1, -0.05) is 19.3 Å². The molecule has 0 bridgehead atoms. The van der Waals surface area contributed by atoms with E-state index in [1.807, 2.05) is 0 Å². The van der Waals surface area contributed by atoms with Crippen molar-refractivity contribution in [1.82, 2.24) is 15.3 Å². The van der Waals surface area contributed by atoms with Crippen molar-refractivity contribution in [2.45, 2.75) is 52.0 Å². The van der Waals surface area contributed by atoms with E-state index in [0.717, 1.165) is 39.0 Å². The topological polar surface area (TPSA) is 84.0 Å². The number of nitrogens with zero attached hydrogens (tertiary/aromatic N) is 3. The van der Waals surface area contributed by atoms with Crippen LogP contribution >= 0.6 is 0 Å². The maximum atomic E-state index is 12.2. The predicted octanol–water partition coefficient (Wildman–Crippen LogP) is 0.802. The third-order valence-corrected chi connectivity index (χ3v) is 3.75. The number of amides is 3. The smallest absolute Gasteiger partial charge is 0.268 e. The van der Waals surface area contributed by atoms with E-state index in [1.54, 1.807) is 0 Å². The molecule has 3 amide bonds. The van der Waals surface area contributed by atoms with Crippen LogP contribution in [0.2, 0.25) is 0 Å². The van der Waals surface area contributed by atoms with Crippen molar-refractivity contribution in [3.8, 4) is 0 Å². The molecule has 0 aromatic heterocycles. The molecular formula is C12H18N3O4-. The van der Waals surface area contributed by atoms with Gasteiger partial charge in [0.15, 0.2) is 0 Å². The molecule has 2 rings (SSSR count). The van der Waals surface area contributed by atoms with Gasteiger partial charge in [0.2, 0.25) is 5.91 Å². The van der Waals surface area contributed by atoms with Crippen LogP contribution in [0.4, 0.5) is 0 Å². The minimum Gasteiger partial charge on any atom is -0.765 e. The third-order valence-electron chi connectivity index (χ3n) is 3.75. The fraction of sp³-hybridized carbons (Fsp3) is 0.750. The van der Waals surface area contributed by atoms with Crippen LogP contribution in [0.3, 0.4) is 0 Å². The lowest BCUT2D eigenvalue weighted by Gasteiger charge is -2.39. The quantitative estimate of drug-likeness (QED) is 0.702. The Balaban J connectivity index is 2.27. The van der Waals surface area contributed by atoms with Crippen molar-refractivity contribution in [2.24, 2.45) is 5.92 Å². The molecular weight excluding hydrogens is 250 g/mol. The van der Waals surface area contributed by atoms with Crippen LogP contribution < -0.4 is 0 Å². The Labute approximate surface area is 111 Å². The monoisotopic (exact) mass is 268 g/mol. The largest absolute Gasteiger partial charge is 0.765 e. The molecule has 0 N–H and O–H groups in total. The molecule has 0 aromatic carbocycles. The van der Waals surface area contributed by atoms with Crippen LogP contribution in [-0.4, -0.2) is 39.1 Å². The molecule has 1 atom stereocenters. The number of carbonyl (C=O) groups excluding carboxylic acids is 3. The molecule has 1 heterocycles. The van der Waals surface area contributed by atoms with Crippen molar-refractivity contribution < 1.29 is 14.4 Å². The summed E-state index contributed by atoms with van der Waals surface area (Å²) in [6.45, 7) is 2.34. The molecule has 19 heavy (non-hydrogen) atoms. The highest BCUT2D eigenvalue weighted by Gasteiger charge is 2.47. The third kappa shape index (κ3) is 2.35. The van der Waals surface area contributed by atoms with E-state index in [1.165, 1.54) is 6.92 Å². The van der Waals surface area contributed by atoms with Crippen LogP contribution in [0.25, 0.3) is 0 Å². The Morgan fingerprint density at radius 1 is 1.11 bits per heavy atom. The number of hydroxylamine groups is 1. The Kier molecular flexibility index (Phi) is 3.86. The summed E-state index contributed by atoms with van der Waals surface area (Å²) in [6.07, 6.45) is 4.62. The molecule has 1 saturated heterocycles. The van der Waals surface area contributed by atoms with Gasteiger partial charge in [-0.05, 0) is 18.8 Å². The second kappa shape index (κ2) is 5.26. The lowest BCUT2D eigenvalue weighted by Crippen LogP contribution is -2.48. The number of carbonyl (C=O) groups is 3. The van der Waals surface area contributed by atoms with Gasteiger partial charge in [0.1, 0.15) is 6.04 Å². The Morgan fingerprint density at radius 3 is 2.11 bits per heavy atom. The first-order chi connectivity index (χ1) is 8.95. The van der Waals surface area contributed by atoms with E-state index in [0.29, 0.717) is 15.3 Å². The van der Waals surface area contributed by atoms with E-state index < -0.39 is 23.8 Å². The zero-order valence-electron chi connectivity index (χ0n) is 11.2. The molecule has 0 radical (unpaired) electrons. The molecule has 1 aliphatic heterocycles. The van der Waals surface area contributed by atoms with Gasteiger partial charge < -0.3 is 5.21 Å². The van der Waals surface area contributed by atoms with Gasteiger partial charge in [-0.25, -0.2) is 0 Å². The van der Waals surface area contributed by atoms with Crippen LogP contribution in [-0.2, 0) is 14.4 Å². The van der Waals surface area contributed by atoms with E-state index in [2.05, 4.69) is 0 Å². The maximum Gasteiger partial charge on any atom is 0.268 e. The van der Waals surface area contributed by atoms with Gasteiger partial charge >= 0.3 is 0 Å². The Morgan fingerprint density at radius 2 is 1.68 bits per heavy atom. The number of hydrogen-bond acceptors (Lipinski definition) is 5. The number of hydrazine groups is 2. The predicted molar refractivity (Wildman–Crippen MR) is 65.6 cm³/mol. The van der Waals surface area contributed by atoms with Gasteiger partial charge in [0.25, 0.3) is 11.8 Å². The first-order valence-corrected chi connectivity index (χ1v) is 6.56. The molecule has 2 aliphatic rings. The summed E-state index contributed by atoms with van der Waals surface area (Å²) < 4.78 is 0. The number of imide groups is 1. The van der Waals surface area contributed by atoms with Crippen LogP contribution in [0.15, 0.2) is 0 Å². The van der Waals surface area contributed by atoms with Crippen molar-refractivity contribution in [1.29, 1.82) is 0 Å². The molecule has 0 aromatic rings. The Hall–Kier alpha value is -1.47. The minimum absolute atomic E-state index is 0.0788. The maximum absolute atomic E-state index is 12.2. The van der Waals surface area contributed by atoms with Gasteiger partial charge in [0.05, 0.1) is 0 Å². The fourth-order valence-electron chi connectivity index (χ4n) is 2.92. The fourth-order valence-corrected chi connectivity index (χ4v) is 2.92. The lowest BCUT2D eigenvalue weighted by molar-refractivity contribution is -0.178. The van der Waals surface area contributed by atoms with Crippen LogP contribution in [0.5, 0.6) is 0 Å². The molecule has 2 fully saturated rings. The number of rotatable bonds is 1. The average molecular weight is 268 g/mol. The second-order valence-electron chi connectivity index (χ2n) is 5.12. The summed E-state index contributed by atoms with van der Waals surface area (Å²) in [5.41, 5.74) is 0. The van der Waals surface area contributed by atoms with E-state index in [4.69, 9.17) is 0 Å². The normalized spacial score (nSPS) is 26.1. The van der Waals surface area contributed by atoms with E-state index in [9.17, 15) is 19.6 Å². The summed E-state index contributed by atoms with van der Waals surface area (Å²) in [5, 5.41) is 13.8. The zero-order chi connectivity index (χ0) is 14.2. The Bertz CT molecular complexity index is 406. The minimum atomic E-state index is -0.937. The van der Waals surface area contributed by atoms with E-state index in [-0.39, 0.29) is 5.92 Å². The van der Waals surface area contributed by atoms with E-state index >= 15 is 0 Å². The first-order valence-electron chi connectivity index (χ1n) is 6.56. The van der Waals surface area contributed by atoms with Crippen molar-refractivity contribution >= 4 is 17.7 Å². The van der Waals surface area contributed by atoms with Gasteiger partial charge in [-0.2, -0.15) is 10.1 Å². The highest BCUT2D eigenvalue weighted by atomic mass is 16.6. The van der Waals surface area contributed by atoms with Crippen molar-refractivity contribution in [2.75, 3.05) is 0 Å². The molecule has 7 nitrogen and oxygen atoms in total. The SMILES string of the molecule is CC(=O)N1C(=O)C(C2CCCCC2)N([O-])N1C(C)=O. The second-order valence-corrected chi connectivity index (χ2v) is 5.12. The number of hydrogen-bond donors (Lipinski definition) is 0. The average Bonchev–Trinajstić information content (AvgIpc) is 2.62. The summed E-state index contributed by atoms with van der Waals surface area (Å²) in [5.74, 6) is -1.90. The van der Waals surface area contributed by atoms with Gasteiger partial charge in [0, 0.05) is 13.8 Å². The lowest BCUT2D eigenvalue weighted by atomic mass is 9.84. The highest BCUT2D eigenvalue weighted by Crippen LogP contribution is 2.34. The van der Waals surface area contributed by atoms with Gasteiger partial charge in [-0.15, -0.1) is 0 Å². The molecule has 1 saturated carbocycles. The first kappa shape index (κ1) is 14.0. The molecule has 1 aliphatic carbocycles. The highest BCUT2D eigenvalue weighted by molar-refractivity contribution is 6.00. The molecule has 7 heteroatoms. The van der Waals surface area contributed by atoms with Gasteiger partial charge in [-0.3, -0.25) is 19.6 Å². The summed E-state index contributed by atoms with van der Waals surface area (Å²) in [7, 11) is 0. The summed E-state index contributed by atoms with van der Waals surface area (Å²) in [4.78, 5) is 35.2. The summed E-state index contributed by atoms with van der Waals surface area (Å²) in [6, 6.07) is -0.937. The van der Waals surface area contributed by atoms with Crippen molar-refractivity contribution in [3.05, 3.63) is 5.21 Å².